The molecule has 0 aromatic heterocycles. The van der Waals surface area contributed by atoms with Crippen molar-refractivity contribution in [1.82, 2.24) is 4.90 Å². The second-order valence-electron chi connectivity index (χ2n) is 9.08. The molecule has 2 aromatic carbocycles. The van der Waals surface area contributed by atoms with Crippen molar-refractivity contribution >= 4 is 17.4 Å². The Labute approximate surface area is 201 Å². The largest absolute Gasteiger partial charge is 0.507 e. The van der Waals surface area contributed by atoms with Gasteiger partial charge in [0.05, 0.1) is 24.3 Å². The molecule has 2 aliphatic rings. The van der Waals surface area contributed by atoms with Crippen LogP contribution in [0.4, 0.5) is 0 Å². The van der Waals surface area contributed by atoms with Gasteiger partial charge >= 0.3 is 0 Å². The van der Waals surface area contributed by atoms with Crippen LogP contribution in [0.5, 0.6) is 5.75 Å². The number of hydrogen-bond donors (Lipinski definition) is 1. The summed E-state index contributed by atoms with van der Waals surface area (Å²) in [6, 6.07) is 14.1. The number of aliphatic hydroxyl groups excluding tert-OH is 1. The molecule has 1 amide bonds. The Bertz CT molecular complexity index is 1040. The summed E-state index contributed by atoms with van der Waals surface area (Å²) in [5.74, 6) is -0.678. The van der Waals surface area contributed by atoms with Crippen LogP contribution in [0, 0.1) is 6.92 Å². The van der Waals surface area contributed by atoms with Crippen molar-refractivity contribution < 1.29 is 24.2 Å². The van der Waals surface area contributed by atoms with E-state index >= 15 is 0 Å². The molecule has 0 saturated carbocycles. The van der Waals surface area contributed by atoms with Crippen LogP contribution in [0.15, 0.2) is 54.1 Å². The summed E-state index contributed by atoms with van der Waals surface area (Å²) < 4.78 is 11.6. The number of nitrogens with zero attached hydrogens (tertiary/aromatic N) is 1. The lowest BCUT2D eigenvalue weighted by molar-refractivity contribution is -0.140. The molecule has 0 bridgehead atoms. The minimum Gasteiger partial charge on any atom is -0.507 e. The van der Waals surface area contributed by atoms with Crippen LogP contribution in [0.1, 0.15) is 61.8 Å². The molecule has 2 heterocycles. The number of carbonyl (C=O) groups is 2. The second kappa shape index (κ2) is 10.9. The lowest BCUT2D eigenvalue weighted by Crippen LogP contribution is -2.36. The van der Waals surface area contributed by atoms with Gasteiger partial charge in [0, 0.05) is 18.7 Å². The van der Waals surface area contributed by atoms with Crippen LogP contribution in [-0.4, -0.2) is 47.6 Å². The Morgan fingerprint density at radius 1 is 1.09 bits per heavy atom. The van der Waals surface area contributed by atoms with Crippen LogP contribution in [0.2, 0.25) is 0 Å². The van der Waals surface area contributed by atoms with Crippen molar-refractivity contribution in [2.75, 3.05) is 19.8 Å². The van der Waals surface area contributed by atoms with Crippen LogP contribution in [-0.2, 0) is 14.3 Å². The van der Waals surface area contributed by atoms with Crippen LogP contribution in [0.3, 0.4) is 0 Å². The van der Waals surface area contributed by atoms with E-state index in [2.05, 4.69) is 6.92 Å². The highest BCUT2D eigenvalue weighted by atomic mass is 16.5. The van der Waals surface area contributed by atoms with Gasteiger partial charge in [0.25, 0.3) is 11.7 Å². The van der Waals surface area contributed by atoms with Crippen molar-refractivity contribution in [1.29, 1.82) is 0 Å². The van der Waals surface area contributed by atoms with Gasteiger partial charge in [0.15, 0.2) is 0 Å². The molecule has 2 saturated heterocycles. The minimum absolute atomic E-state index is 0.110. The molecule has 6 nitrogen and oxygen atoms in total. The zero-order valence-electron chi connectivity index (χ0n) is 20.0. The highest BCUT2D eigenvalue weighted by molar-refractivity contribution is 6.46. The van der Waals surface area contributed by atoms with Crippen molar-refractivity contribution in [3.05, 3.63) is 70.8 Å². The maximum atomic E-state index is 13.2. The fourth-order valence-corrected chi connectivity index (χ4v) is 4.58. The fourth-order valence-electron chi connectivity index (χ4n) is 4.58. The van der Waals surface area contributed by atoms with E-state index < -0.39 is 17.7 Å². The standard InChI is InChI=1S/C28H33NO5/c1-3-4-5-16-33-22-14-12-20(13-15-22)25-24(26(30)21-10-8-19(2)9-11-21)27(31)28(32)29(25)18-23-7-6-17-34-23/h8-15,23,25,30H,3-7,16-18H2,1-2H3/b26-24+. The molecule has 2 fully saturated rings. The van der Waals surface area contributed by atoms with Crippen molar-refractivity contribution in [2.24, 2.45) is 0 Å². The van der Waals surface area contributed by atoms with E-state index in [0.717, 1.165) is 49.0 Å². The smallest absolute Gasteiger partial charge is 0.295 e. The third-order valence-electron chi connectivity index (χ3n) is 6.50. The Balaban J connectivity index is 1.68. The number of aliphatic hydroxyl groups is 1. The first-order valence-corrected chi connectivity index (χ1v) is 12.2. The summed E-state index contributed by atoms with van der Waals surface area (Å²) in [7, 11) is 0. The molecular formula is C28H33NO5. The Hall–Kier alpha value is -3.12. The second-order valence-corrected chi connectivity index (χ2v) is 9.08. The molecule has 4 rings (SSSR count). The molecule has 180 valence electrons. The highest BCUT2D eigenvalue weighted by Gasteiger charge is 2.47. The van der Waals surface area contributed by atoms with Gasteiger partial charge < -0.3 is 19.5 Å². The van der Waals surface area contributed by atoms with Gasteiger partial charge in [-0.05, 0) is 43.9 Å². The predicted octanol–water partition coefficient (Wildman–Crippen LogP) is 5.16. The number of likely N-dealkylation sites (tertiary alicyclic amines) is 1. The van der Waals surface area contributed by atoms with E-state index in [1.807, 2.05) is 43.3 Å². The fraction of sp³-hybridized carbons (Fsp3) is 0.429. The molecular weight excluding hydrogens is 430 g/mol. The number of rotatable bonds is 9. The number of carbonyl (C=O) groups excluding carboxylic acids is 2. The van der Waals surface area contributed by atoms with Gasteiger partial charge in [0.2, 0.25) is 0 Å². The molecule has 2 unspecified atom stereocenters. The predicted molar refractivity (Wildman–Crippen MR) is 131 cm³/mol. The number of hydrogen-bond acceptors (Lipinski definition) is 5. The summed E-state index contributed by atoms with van der Waals surface area (Å²) in [4.78, 5) is 27.8. The third kappa shape index (κ3) is 5.17. The summed E-state index contributed by atoms with van der Waals surface area (Å²) in [6.07, 6.45) is 4.92. The normalized spacial score (nSPS) is 21.9. The molecule has 2 aromatic rings. The average molecular weight is 464 g/mol. The molecule has 0 radical (unpaired) electrons. The number of aryl methyl sites for hydroxylation is 1. The van der Waals surface area contributed by atoms with Crippen molar-refractivity contribution in [2.45, 2.75) is 58.1 Å². The zero-order chi connectivity index (χ0) is 24.1. The van der Waals surface area contributed by atoms with Crippen molar-refractivity contribution in [3.8, 4) is 5.75 Å². The average Bonchev–Trinajstić information content (AvgIpc) is 3.45. The van der Waals surface area contributed by atoms with Gasteiger partial charge in [-0.2, -0.15) is 0 Å². The van der Waals surface area contributed by atoms with Gasteiger partial charge in [0.1, 0.15) is 11.5 Å². The van der Waals surface area contributed by atoms with E-state index in [1.54, 1.807) is 17.0 Å². The van der Waals surface area contributed by atoms with E-state index in [1.165, 1.54) is 0 Å². The number of ketones is 1. The lowest BCUT2D eigenvalue weighted by atomic mass is 9.95. The maximum Gasteiger partial charge on any atom is 0.295 e. The summed E-state index contributed by atoms with van der Waals surface area (Å²) >= 11 is 0. The van der Waals surface area contributed by atoms with Crippen LogP contribution >= 0.6 is 0 Å². The number of ether oxygens (including phenoxy) is 2. The Morgan fingerprint density at radius 2 is 1.82 bits per heavy atom. The van der Waals surface area contributed by atoms with Gasteiger partial charge in [-0.25, -0.2) is 0 Å². The third-order valence-corrected chi connectivity index (χ3v) is 6.50. The molecule has 34 heavy (non-hydrogen) atoms. The zero-order valence-corrected chi connectivity index (χ0v) is 20.0. The maximum absolute atomic E-state index is 13.2. The first-order chi connectivity index (χ1) is 16.5. The molecule has 2 aliphatic heterocycles. The van der Waals surface area contributed by atoms with E-state index in [0.29, 0.717) is 25.3 Å². The van der Waals surface area contributed by atoms with E-state index in [9.17, 15) is 14.7 Å². The Kier molecular flexibility index (Phi) is 7.68. The molecule has 2 atom stereocenters. The first kappa shape index (κ1) is 24.0. The highest BCUT2D eigenvalue weighted by Crippen LogP contribution is 2.40. The van der Waals surface area contributed by atoms with E-state index in [4.69, 9.17) is 9.47 Å². The number of amides is 1. The molecule has 6 heteroatoms. The van der Waals surface area contributed by atoms with Gasteiger partial charge in [-0.3, -0.25) is 9.59 Å². The number of benzene rings is 2. The van der Waals surface area contributed by atoms with Gasteiger partial charge in [-0.15, -0.1) is 0 Å². The summed E-state index contributed by atoms with van der Waals surface area (Å²) in [5.41, 5.74) is 2.43. The number of Topliss-reactive ketones (excluding diaryl/α,β-unsaturated/α-hetero) is 1. The molecule has 0 spiro atoms. The SMILES string of the molecule is CCCCCOc1ccc(C2/C(=C(\O)c3ccc(C)cc3)C(=O)C(=O)N2CC2CCCO2)cc1. The van der Waals surface area contributed by atoms with Gasteiger partial charge in [-0.1, -0.05) is 61.7 Å². The summed E-state index contributed by atoms with van der Waals surface area (Å²) in [5, 5.41) is 11.2. The minimum atomic E-state index is -0.681. The first-order valence-electron chi connectivity index (χ1n) is 12.2. The lowest BCUT2D eigenvalue weighted by Gasteiger charge is -2.27. The molecule has 0 aliphatic carbocycles. The monoisotopic (exact) mass is 463 g/mol. The topological polar surface area (TPSA) is 76.1 Å². The molecule has 1 N–H and O–H groups in total. The number of unbranched alkanes of at least 4 members (excludes halogenated alkanes) is 2. The van der Waals surface area contributed by atoms with Crippen molar-refractivity contribution in [3.63, 3.8) is 0 Å². The van der Waals surface area contributed by atoms with Crippen LogP contribution in [0.25, 0.3) is 5.76 Å². The summed E-state index contributed by atoms with van der Waals surface area (Å²) in [6.45, 7) is 5.73. The Morgan fingerprint density at radius 3 is 2.47 bits per heavy atom. The van der Waals surface area contributed by atoms with E-state index in [-0.39, 0.29) is 17.4 Å². The quantitative estimate of drug-likeness (QED) is 0.240. The van der Waals surface area contributed by atoms with Crippen LogP contribution < -0.4 is 4.74 Å².